The van der Waals surface area contributed by atoms with E-state index >= 15 is 0 Å². The summed E-state index contributed by atoms with van der Waals surface area (Å²) in [4.78, 5) is 13.1. The third kappa shape index (κ3) is 5.60. The average molecular weight is 445 g/mol. The molecule has 30 heavy (non-hydrogen) atoms. The van der Waals surface area contributed by atoms with Gasteiger partial charge in [0, 0.05) is 5.02 Å². The number of amides is 1. The van der Waals surface area contributed by atoms with Crippen molar-refractivity contribution in [2.75, 3.05) is 12.4 Å². The van der Waals surface area contributed by atoms with Crippen molar-refractivity contribution in [3.05, 3.63) is 89.4 Å². The lowest BCUT2D eigenvalue weighted by atomic mass is 10.1. The maximum absolute atomic E-state index is 13.1. The largest absolute Gasteiger partial charge is 0.495 e. The minimum atomic E-state index is -3.91. The number of benzene rings is 3. The van der Waals surface area contributed by atoms with E-state index in [0.717, 1.165) is 5.56 Å². The van der Waals surface area contributed by atoms with Crippen molar-refractivity contribution >= 4 is 33.2 Å². The van der Waals surface area contributed by atoms with Gasteiger partial charge >= 0.3 is 0 Å². The second kappa shape index (κ2) is 9.75. The van der Waals surface area contributed by atoms with E-state index in [1.165, 1.54) is 19.2 Å². The van der Waals surface area contributed by atoms with E-state index in [2.05, 4.69) is 10.0 Å². The minimum absolute atomic E-state index is 0.0798. The third-order valence-electron chi connectivity index (χ3n) is 4.37. The first-order valence-electron chi connectivity index (χ1n) is 9.15. The van der Waals surface area contributed by atoms with Gasteiger partial charge in [-0.25, -0.2) is 8.42 Å². The molecule has 0 spiro atoms. The highest BCUT2D eigenvalue weighted by Gasteiger charge is 2.26. The Kier molecular flexibility index (Phi) is 7.10. The van der Waals surface area contributed by atoms with Crippen LogP contribution in [0.4, 0.5) is 5.69 Å². The van der Waals surface area contributed by atoms with Gasteiger partial charge in [0.2, 0.25) is 15.9 Å². The van der Waals surface area contributed by atoms with Gasteiger partial charge in [-0.05, 0) is 42.3 Å². The van der Waals surface area contributed by atoms with Gasteiger partial charge in [-0.15, -0.1) is 0 Å². The predicted octanol–water partition coefficient (Wildman–Crippen LogP) is 3.88. The second-order valence-corrected chi connectivity index (χ2v) is 8.66. The SMILES string of the molecule is COc1ccc(Cl)cc1NC(=O)[C@H](Cc1ccccc1)NS(=O)(=O)c1ccccc1. The second-order valence-electron chi connectivity index (χ2n) is 6.51. The summed E-state index contributed by atoms with van der Waals surface area (Å²) >= 11 is 6.03. The Hall–Kier alpha value is -2.87. The first kappa shape index (κ1) is 21.8. The fourth-order valence-corrected chi connectivity index (χ4v) is 4.28. The van der Waals surface area contributed by atoms with Gasteiger partial charge in [-0.2, -0.15) is 4.72 Å². The maximum atomic E-state index is 13.1. The van der Waals surface area contributed by atoms with Crippen molar-refractivity contribution in [2.45, 2.75) is 17.4 Å². The molecule has 0 radical (unpaired) electrons. The lowest BCUT2D eigenvalue weighted by molar-refractivity contribution is -0.117. The van der Waals surface area contributed by atoms with E-state index in [-0.39, 0.29) is 11.3 Å². The highest BCUT2D eigenvalue weighted by molar-refractivity contribution is 7.89. The summed E-state index contributed by atoms with van der Waals surface area (Å²) in [6.45, 7) is 0. The fourth-order valence-electron chi connectivity index (χ4n) is 2.89. The quantitative estimate of drug-likeness (QED) is 0.552. The zero-order valence-electron chi connectivity index (χ0n) is 16.2. The van der Waals surface area contributed by atoms with Gasteiger partial charge in [-0.3, -0.25) is 4.79 Å². The molecule has 0 fully saturated rings. The van der Waals surface area contributed by atoms with Gasteiger partial charge in [0.1, 0.15) is 11.8 Å². The Balaban J connectivity index is 1.89. The van der Waals surface area contributed by atoms with Crippen LogP contribution in [0.25, 0.3) is 0 Å². The number of rotatable bonds is 8. The summed E-state index contributed by atoms with van der Waals surface area (Å²) in [5.41, 5.74) is 1.17. The first-order valence-corrected chi connectivity index (χ1v) is 11.0. The summed E-state index contributed by atoms with van der Waals surface area (Å²) in [5.74, 6) is -0.115. The van der Waals surface area contributed by atoms with E-state index in [4.69, 9.17) is 16.3 Å². The van der Waals surface area contributed by atoms with E-state index in [9.17, 15) is 13.2 Å². The third-order valence-corrected chi connectivity index (χ3v) is 6.09. The van der Waals surface area contributed by atoms with Crippen molar-refractivity contribution in [3.63, 3.8) is 0 Å². The predicted molar refractivity (Wildman–Crippen MR) is 117 cm³/mol. The number of carbonyl (C=O) groups excluding carboxylic acids is 1. The van der Waals surface area contributed by atoms with Gasteiger partial charge in [0.15, 0.2) is 0 Å². The van der Waals surface area contributed by atoms with Gasteiger partial charge in [0.05, 0.1) is 17.7 Å². The number of anilines is 1. The molecule has 0 saturated carbocycles. The smallest absolute Gasteiger partial charge is 0.243 e. The number of sulfonamides is 1. The van der Waals surface area contributed by atoms with E-state index in [1.54, 1.807) is 36.4 Å². The number of ether oxygens (including phenoxy) is 1. The Morgan fingerprint density at radius 2 is 1.63 bits per heavy atom. The lowest BCUT2D eigenvalue weighted by Crippen LogP contribution is -2.45. The monoisotopic (exact) mass is 444 g/mol. The molecule has 0 saturated heterocycles. The molecular formula is C22H21ClN2O4S. The standard InChI is InChI=1S/C22H21ClN2O4S/c1-29-21-13-12-17(23)15-19(21)24-22(26)20(14-16-8-4-2-5-9-16)25-30(27,28)18-10-6-3-7-11-18/h2-13,15,20,25H,14H2,1H3,(H,24,26)/t20-/m0/s1. The van der Waals surface area contributed by atoms with E-state index in [0.29, 0.717) is 16.5 Å². The highest BCUT2D eigenvalue weighted by atomic mass is 35.5. The van der Waals surface area contributed by atoms with Gasteiger partial charge in [-0.1, -0.05) is 60.1 Å². The minimum Gasteiger partial charge on any atom is -0.495 e. The summed E-state index contributed by atoms with van der Waals surface area (Å²) in [6.07, 6.45) is 0.168. The van der Waals surface area contributed by atoms with Crippen molar-refractivity contribution < 1.29 is 17.9 Å². The summed E-state index contributed by atoms with van der Waals surface area (Å²) in [6, 6.07) is 20.8. The molecule has 3 aromatic carbocycles. The van der Waals surface area contributed by atoms with Crippen LogP contribution in [0.5, 0.6) is 5.75 Å². The van der Waals surface area contributed by atoms with Crippen LogP contribution < -0.4 is 14.8 Å². The van der Waals surface area contributed by atoms with Crippen LogP contribution in [0, 0.1) is 0 Å². The number of methoxy groups -OCH3 is 1. The molecule has 2 N–H and O–H groups in total. The molecular weight excluding hydrogens is 424 g/mol. The molecule has 1 amide bonds. The molecule has 0 unspecified atom stereocenters. The van der Waals surface area contributed by atoms with Crippen LogP contribution in [-0.2, 0) is 21.2 Å². The highest BCUT2D eigenvalue weighted by Crippen LogP contribution is 2.28. The van der Waals surface area contributed by atoms with Crippen LogP contribution in [0.15, 0.2) is 83.8 Å². The van der Waals surface area contributed by atoms with Crippen molar-refractivity contribution in [1.82, 2.24) is 4.72 Å². The van der Waals surface area contributed by atoms with Crippen LogP contribution in [0.1, 0.15) is 5.56 Å². The molecule has 0 bridgehead atoms. The molecule has 1 atom stereocenters. The molecule has 156 valence electrons. The molecule has 8 heteroatoms. The zero-order chi connectivity index (χ0) is 21.6. The van der Waals surface area contributed by atoms with Crippen LogP contribution in [-0.4, -0.2) is 27.5 Å². The number of carbonyl (C=O) groups is 1. The molecule has 3 aromatic rings. The number of hydrogen-bond acceptors (Lipinski definition) is 4. The molecule has 0 aromatic heterocycles. The van der Waals surface area contributed by atoms with Crippen LogP contribution >= 0.6 is 11.6 Å². The molecule has 0 aliphatic rings. The molecule has 0 aliphatic carbocycles. The van der Waals surface area contributed by atoms with E-state index < -0.39 is 22.0 Å². The molecule has 0 aliphatic heterocycles. The maximum Gasteiger partial charge on any atom is 0.243 e. The average Bonchev–Trinajstić information content (AvgIpc) is 2.75. The molecule has 3 rings (SSSR count). The van der Waals surface area contributed by atoms with Crippen molar-refractivity contribution in [2.24, 2.45) is 0 Å². The Labute approximate surface area is 180 Å². The van der Waals surface area contributed by atoms with Crippen LogP contribution in [0.3, 0.4) is 0 Å². The molecule has 0 heterocycles. The summed E-state index contributed by atoms with van der Waals surface area (Å²) in [7, 11) is -2.44. The fraction of sp³-hybridized carbons (Fsp3) is 0.136. The van der Waals surface area contributed by atoms with Crippen molar-refractivity contribution in [1.29, 1.82) is 0 Å². The van der Waals surface area contributed by atoms with Crippen molar-refractivity contribution in [3.8, 4) is 5.75 Å². The number of nitrogens with one attached hydrogen (secondary N) is 2. The Bertz CT molecular complexity index is 1110. The normalized spacial score (nSPS) is 12.2. The van der Waals surface area contributed by atoms with Crippen LogP contribution in [0.2, 0.25) is 5.02 Å². The molecule has 6 nitrogen and oxygen atoms in total. The zero-order valence-corrected chi connectivity index (χ0v) is 17.8. The summed E-state index contributed by atoms with van der Waals surface area (Å²) < 4.78 is 33.4. The van der Waals surface area contributed by atoms with Gasteiger partial charge in [0.25, 0.3) is 0 Å². The topological polar surface area (TPSA) is 84.5 Å². The van der Waals surface area contributed by atoms with E-state index in [1.807, 2.05) is 30.3 Å². The Morgan fingerprint density at radius 1 is 1.00 bits per heavy atom. The number of halogens is 1. The number of hydrogen-bond donors (Lipinski definition) is 2. The lowest BCUT2D eigenvalue weighted by Gasteiger charge is -2.20. The first-order chi connectivity index (χ1) is 14.4. The summed E-state index contributed by atoms with van der Waals surface area (Å²) in [5, 5.41) is 3.13. The Morgan fingerprint density at radius 3 is 2.27 bits per heavy atom. The van der Waals surface area contributed by atoms with Gasteiger partial charge < -0.3 is 10.1 Å².